The van der Waals surface area contributed by atoms with Gasteiger partial charge in [0, 0.05) is 38.6 Å². The van der Waals surface area contributed by atoms with Crippen LogP contribution in [-0.2, 0) is 11.3 Å². The first kappa shape index (κ1) is 19.6. The van der Waals surface area contributed by atoms with Crippen LogP contribution in [0.5, 0.6) is 0 Å². The summed E-state index contributed by atoms with van der Waals surface area (Å²) >= 11 is 0.287. The average molecular weight is 393 g/mol. The first-order valence-corrected chi connectivity index (χ1v) is 9.49. The standard InChI is InChI=1S/C19H21F2N3O2S/c1-23(18(25)16-3-2-8-22-17(16)27-19(20)21)13-14-4-6-15(7-5-14)24-9-11-26-12-10-24/h2-8,19H,9-13H2,1H3. The Morgan fingerprint density at radius 3 is 2.63 bits per heavy atom. The number of pyridine rings is 1. The molecule has 1 aromatic heterocycles. The molecule has 2 aromatic rings. The lowest BCUT2D eigenvalue weighted by Gasteiger charge is -2.29. The van der Waals surface area contributed by atoms with Gasteiger partial charge in [0.05, 0.1) is 18.8 Å². The molecule has 2 heterocycles. The summed E-state index contributed by atoms with van der Waals surface area (Å²) in [5, 5.41) is 0.0482. The predicted octanol–water partition coefficient (Wildman–Crippen LogP) is 3.51. The van der Waals surface area contributed by atoms with Crippen molar-refractivity contribution in [2.45, 2.75) is 17.3 Å². The van der Waals surface area contributed by atoms with E-state index in [9.17, 15) is 13.6 Å². The third kappa shape index (κ3) is 5.17. The summed E-state index contributed by atoms with van der Waals surface area (Å²) in [6, 6.07) is 11.1. The molecular weight excluding hydrogens is 372 g/mol. The van der Waals surface area contributed by atoms with Crippen LogP contribution in [0.2, 0.25) is 0 Å². The van der Waals surface area contributed by atoms with Gasteiger partial charge in [0.15, 0.2) is 0 Å². The predicted molar refractivity (Wildman–Crippen MR) is 101 cm³/mol. The lowest BCUT2D eigenvalue weighted by Crippen LogP contribution is -2.36. The van der Waals surface area contributed by atoms with Gasteiger partial charge in [-0.15, -0.1) is 0 Å². The maximum Gasteiger partial charge on any atom is 0.290 e. The second-order valence-electron chi connectivity index (χ2n) is 6.16. The van der Waals surface area contributed by atoms with E-state index in [0.29, 0.717) is 6.54 Å². The number of carbonyl (C=O) groups is 1. The summed E-state index contributed by atoms with van der Waals surface area (Å²) in [5.41, 5.74) is 2.28. The molecule has 5 nitrogen and oxygen atoms in total. The zero-order valence-corrected chi connectivity index (χ0v) is 15.8. The fourth-order valence-electron chi connectivity index (χ4n) is 2.92. The number of anilines is 1. The molecule has 0 atom stereocenters. The van der Waals surface area contributed by atoms with E-state index in [1.807, 2.05) is 24.3 Å². The number of amides is 1. The molecule has 144 valence electrons. The minimum absolute atomic E-state index is 0.0482. The Hall–Kier alpha value is -2.19. The van der Waals surface area contributed by atoms with Gasteiger partial charge >= 0.3 is 0 Å². The number of morpholine rings is 1. The van der Waals surface area contributed by atoms with Crippen LogP contribution < -0.4 is 4.90 Å². The average Bonchev–Trinajstić information content (AvgIpc) is 2.68. The highest BCUT2D eigenvalue weighted by molar-refractivity contribution is 7.99. The van der Waals surface area contributed by atoms with Crippen LogP contribution in [0.4, 0.5) is 14.5 Å². The molecule has 0 unspecified atom stereocenters. The summed E-state index contributed by atoms with van der Waals surface area (Å²) < 4.78 is 30.7. The number of ether oxygens (including phenoxy) is 1. The van der Waals surface area contributed by atoms with E-state index in [0.717, 1.165) is 37.6 Å². The van der Waals surface area contributed by atoms with Gasteiger partial charge in [0.2, 0.25) is 0 Å². The number of carbonyl (C=O) groups excluding carboxylic acids is 1. The third-order valence-corrected chi connectivity index (χ3v) is 5.01. The quantitative estimate of drug-likeness (QED) is 0.703. The van der Waals surface area contributed by atoms with E-state index >= 15 is 0 Å². The molecule has 0 spiro atoms. The molecule has 1 amide bonds. The Bertz CT molecular complexity index is 768. The number of benzene rings is 1. The number of rotatable bonds is 6. The van der Waals surface area contributed by atoms with Crippen LogP contribution >= 0.6 is 11.8 Å². The Balaban J connectivity index is 1.66. The molecule has 27 heavy (non-hydrogen) atoms. The van der Waals surface area contributed by atoms with Crippen LogP contribution in [0.25, 0.3) is 0 Å². The topological polar surface area (TPSA) is 45.7 Å². The molecule has 0 aliphatic carbocycles. The van der Waals surface area contributed by atoms with E-state index in [2.05, 4.69) is 9.88 Å². The van der Waals surface area contributed by atoms with Crippen molar-refractivity contribution in [3.05, 3.63) is 53.7 Å². The Morgan fingerprint density at radius 1 is 1.26 bits per heavy atom. The fraction of sp³-hybridized carbons (Fsp3) is 0.368. The van der Waals surface area contributed by atoms with Crippen LogP contribution in [0, 0.1) is 0 Å². The van der Waals surface area contributed by atoms with Gasteiger partial charge in [-0.3, -0.25) is 4.79 Å². The maximum absolute atomic E-state index is 12.7. The molecular formula is C19H21F2N3O2S. The van der Waals surface area contributed by atoms with E-state index in [1.54, 1.807) is 13.1 Å². The highest BCUT2D eigenvalue weighted by Gasteiger charge is 2.20. The molecule has 8 heteroatoms. The van der Waals surface area contributed by atoms with E-state index in [4.69, 9.17) is 4.74 Å². The highest BCUT2D eigenvalue weighted by Crippen LogP contribution is 2.27. The molecule has 0 saturated carbocycles. The van der Waals surface area contributed by atoms with Crippen LogP contribution in [0.1, 0.15) is 15.9 Å². The minimum atomic E-state index is -2.62. The van der Waals surface area contributed by atoms with Gasteiger partial charge in [-0.1, -0.05) is 12.1 Å². The van der Waals surface area contributed by atoms with Crippen LogP contribution in [0.3, 0.4) is 0 Å². The summed E-state index contributed by atoms with van der Waals surface area (Å²) in [5.74, 6) is -2.95. The normalized spacial score (nSPS) is 14.4. The monoisotopic (exact) mass is 393 g/mol. The molecule has 1 fully saturated rings. The number of alkyl halides is 2. The second-order valence-corrected chi connectivity index (χ2v) is 7.14. The minimum Gasteiger partial charge on any atom is -0.378 e. The summed E-state index contributed by atoms with van der Waals surface area (Å²) in [4.78, 5) is 20.3. The molecule has 1 saturated heterocycles. The lowest BCUT2D eigenvalue weighted by molar-refractivity contribution is 0.0780. The lowest BCUT2D eigenvalue weighted by atomic mass is 10.1. The zero-order chi connectivity index (χ0) is 19.2. The number of aromatic nitrogens is 1. The number of halogens is 2. The van der Waals surface area contributed by atoms with Gasteiger partial charge in [-0.2, -0.15) is 8.78 Å². The van der Waals surface area contributed by atoms with Crippen LogP contribution in [0.15, 0.2) is 47.6 Å². The Kier molecular flexibility index (Phi) is 6.63. The van der Waals surface area contributed by atoms with Crippen LogP contribution in [-0.4, -0.2) is 54.9 Å². The molecule has 0 N–H and O–H groups in total. The molecule has 1 aliphatic rings. The van der Waals surface area contributed by atoms with Crippen molar-refractivity contribution in [3.8, 4) is 0 Å². The molecule has 1 aliphatic heterocycles. The van der Waals surface area contributed by atoms with Gasteiger partial charge < -0.3 is 14.5 Å². The Labute approximate surface area is 161 Å². The van der Waals surface area contributed by atoms with Crippen molar-refractivity contribution < 1.29 is 18.3 Å². The second kappa shape index (κ2) is 9.14. The maximum atomic E-state index is 12.7. The number of nitrogens with zero attached hydrogens (tertiary/aromatic N) is 3. The van der Waals surface area contributed by atoms with Gasteiger partial charge in [-0.25, -0.2) is 4.98 Å². The van der Waals surface area contributed by atoms with Gasteiger partial charge in [0.1, 0.15) is 5.03 Å². The third-order valence-electron chi connectivity index (χ3n) is 4.28. The molecule has 0 bridgehead atoms. The first-order valence-electron chi connectivity index (χ1n) is 8.61. The van der Waals surface area contributed by atoms with Crippen molar-refractivity contribution in [3.63, 3.8) is 0 Å². The van der Waals surface area contributed by atoms with Crippen molar-refractivity contribution in [2.75, 3.05) is 38.3 Å². The summed E-state index contributed by atoms with van der Waals surface area (Å²) in [6.07, 6.45) is 1.41. The highest BCUT2D eigenvalue weighted by atomic mass is 32.2. The largest absolute Gasteiger partial charge is 0.378 e. The van der Waals surface area contributed by atoms with Crippen molar-refractivity contribution in [2.24, 2.45) is 0 Å². The number of hydrogen-bond donors (Lipinski definition) is 0. The van der Waals surface area contributed by atoms with Gasteiger partial charge in [0.25, 0.3) is 11.7 Å². The first-order chi connectivity index (χ1) is 13.0. The van der Waals surface area contributed by atoms with E-state index < -0.39 is 5.76 Å². The Morgan fingerprint density at radius 2 is 1.96 bits per heavy atom. The van der Waals surface area contributed by atoms with E-state index in [-0.39, 0.29) is 28.3 Å². The van der Waals surface area contributed by atoms with Crippen molar-refractivity contribution >= 4 is 23.4 Å². The smallest absolute Gasteiger partial charge is 0.290 e. The molecule has 0 radical (unpaired) electrons. The van der Waals surface area contributed by atoms with Crippen molar-refractivity contribution in [1.82, 2.24) is 9.88 Å². The summed E-state index contributed by atoms with van der Waals surface area (Å²) in [6.45, 7) is 3.56. The van der Waals surface area contributed by atoms with Crippen molar-refractivity contribution in [1.29, 1.82) is 0 Å². The number of hydrogen-bond acceptors (Lipinski definition) is 5. The van der Waals surface area contributed by atoms with Gasteiger partial charge in [-0.05, 0) is 41.6 Å². The fourth-order valence-corrected chi connectivity index (χ4v) is 3.49. The number of thioether (sulfide) groups is 1. The SMILES string of the molecule is CN(Cc1ccc(N2CCOCC2)cc1)C(=O)c1cccnc1SC(F)F. The molecule has 3 rings (SSSR count). The van der Waals surface area contributed by atoms with E-state index in [1.165, 1.54) is 17.2 Å². The zero-order valence-electron chi connectivity index (χ0n) is 15.0. The summed E-state index contributed by atoms with van der Waals surface area (Å²) in [7, 11) is 1.65. The molecule has 1 aromatic carbocycles.